The van der Waals surface area contributed by atoms with Crippen molar-refractivity contribution in [3.05, 3.63) is 36.4 Å². The van der Waals surface area contributed by atoms with Crippen LogP contribution in [0.25, 0.3) is 0 Å². The lowest BCUT2D eigenvalue weighted by Crippen LogP contribution is -2.40. The van der Waals surface area contributed by atoms with E-state index >= 15 is 0 Å². The van der Waals surface area contributed by atoms with Gasteiger partial charge in [-0.05, 0) is 6.42 Å². The van der Waals surface area contributed by atoms with Gasteiger partial charge in [0.05, 0.1) is 6.61 Å². The van der Waals surface area contributed by atoms with Crippen LogP contribution in [0, 0.1) is 5.92 Å². The third-order valence-corrected chi connectivity index (χ3v) is 2.53. The summed E-state index contributed by atoms with van der Waals surface area (Å²) in [7, 11) is 1.77. The molecule has 1 atom stereocenters. The van der Waals surface area contributed by atoms with Crippen molar-refractivity contribution in [1.29, 1.82) is 0 Å². The Bertz CT molecular complexity index is 281. The predicted molar refractivity (Wildman–Crippen MR) is 104 cm³/mol. The van der Waals surface area contributed by atoms with E-state index in [0.29, 0.717) is 12.5 Å². The smallest absolute Gasteiger partial charge is 0.409 e. The Morgan fingerprint density at radius 2 is 1.30 bits per heavy atom. The van der Waals surface area contributed by atoms with E-state index < -0.39 is 0 Å². The summed E-state index contributed by atoms with van der Waals surface area (Å²) in [4.78, 5) is 12.4. The Balaban J connectivity index is -0.000000120. The number of hydrogen-bond donors (Lipinski definition) is 0. The van der Waals surface area contributed by atoms with Crippen LogP contribution in [0.5, 0.6) is 0 Å². The molecule has 1 saturated heterocycles. The molecule has 0 spiro atoms. The van der Waals surface area contributed by atoms with Gasteiger partial charge in [0.2, 0.25) is 0 Å². The first-order chi connectivity index (χ1) is 10.7. The lowest BCUT2D eigenvalue weighted by molar-refractivity contribution is 0.0521. The van der Waals surface area contributed by atoms with Gasteiger partial charge in [-0.15, -0.1) is 0 Å². The van der Waals surface area contributed by atoms with Gasteiger partial charge < -0.3 is 9.64 Å². The topological polar surface area (TPSA) is 29.5 Å². The highest BCUT2D eigenvalue weighted by Gasteiger charge is 2.22. The summed E-state index contributed by atoms with van der Waals surface area (Å²) in [6, 6.07) is 12.0. The zero-order chi connectivity index (χ0) is 17.8. The Hall–Kier alpha value is -1.45. The van der Waals surface area contributed by atoms with E-state index in [1.807, 2.05) is 77.9 Å². The number of rotatable bonds is 1. The molecule has 0 aliphatic carbocycles. The van der Waals surface area contributed by atoms with Crippen LogP contribution >= 0.6 is 0 Å². The molecule has 23 heavy (non-hydrogen) atoms. The molecule has 3 nitrogen and oxygen atoms in total. The zero-order valence-electron chi connectivity index (χ0n) is 16.5. The number of cyclic esters (lactones) is 1. The summed E-state index contributed by atoms with van der Waals surface area (Å²) in [6.07, 6.45) is 0.891. The monoisotopic (exact) mass is 322 g/mol. The van der Waals surface area contributed by atoms with Crippen molar-refractivity contribution >= 4 is 14.5 Å². The largest absolute Gasteiger partial charge is 0.449 e. The quantitative estimate of drug-likeness (QED) is 0.641. The molecule has 2 rings (SSSR count). The van der Waals surface area contributed by atoms with Crippen molar-refractivity contribution in [2.75, 3.05) is 20.2 Å². The highest BCUT2D eigenvalue weighted by Crippen LogP contribution is 2.11. The van der Waals surface area contributed by atoms with E-state index in [-0.39, 0.29) is 14.5 Å². The van der Waals surface area contributed by atoms with Gasteiger partial charge in [0, 0.05) is 27.9 Å². The van der Waals surface area contributed by atoms with Crippen molar-refractivity contribution in [3.8, 4) is 0 Å². The third-order valence-electron chi connectivity index (χ3n) is 2.53. The maximum atomic E-state index is 10.8. The maximum absolute atomic E-state index is 10.8. The maximum Gasteiger partial charge on any atom is 0.409 e. The van der Waals surface area contributed by atoms with E-state index in [4.69, 9.17) is 4.74 Å². The van der Waals surface area contributed by atoms with Crippen LogP contribution in [-0.4, -0.2) is 39.6 Å². The standard InChI is InChI=1S/C7H13NO2.C6H6.3C2H6.B/c1-3-6-4-8(2)7(9)10-5-6;1-2-4-6-5-3-1;3*1-2;/h6H,3-5H2,1-2H3;1-6H;3*1-2H3;. The lowest BCUT2D eigenvalue weighted by atomic mass is 10.1. The van der Waals surface area contributed by atoms with E-state index in [9.17, 15) is 4.79 Å². The van der Waals surface area contributed by atoms with Crippen LogP contribution in [-0.2, 0) is 4.74 Å². The first-order valence-electron chi connectivity index (χ1n) is 8.62. The Kier molecular flexibility index (Phi) is 32.8. The summed E-state index contributed by atoms with van der Waals surface area (Å²) >= 11 is 0. The van der Waals surface area contributed by atoms with Gasteiger partial charge >= 0.3 is 6.09 Å². The molecule has 0 saturated carbocycles. The molecule has 1 fully saturated rings. The van der Waals surface area contributed by atoms with E-state index in [2.05, 4.69) is 6.92 Å². The summed E-state index contributed by atoms with van der Waals surface area (Å²) in [5.41, 5.74) is 0. The SMILES string of the molecule is CC.CC.CC.CCC1COC(=O)N(C)C1.[B].c1ccccc1. The predicted octanol–water partition coefficient (Wildman–Crippen LogP) is 5.48. The fraction of sp³-hybridized carbons (Fsp3) is 0.632. The second-order valence-electron chi connectivity index (χ2n) is 3.89. The van der Waals surface area contributed by atoms with Crippen molar-refractivity contribution in [1.82, 2.24) is 4.90 Å². The Morgan fingerprint density at radius 1 is 0.957 bits per heavy atom. The van der Waals surface area contributed by atoms with Crippen molar-refractivity contribution in [2.45, 2.75) is 54.9 Å². The molecule has 1 heterocycles. The molecular formula is C19H37BNO2. The van der Waals surface area contributed by atoms with Crippen LogP contribution in [0.4, 0.5) is 4.79 Å². The average Bonchev–Trinajstić information content (AvgIpc) is 2.64. The van der Waals surface area contributed by atoms with Crippen LogP contribution in [0.3, 0.4) is 0 Å². The van der Waals surface area contributed by atoms with Crippen LogP contribution in [0.2, 0.25) is 0 Å². The summed E-state index contributed by atoms with van der Waals surface area (Å²) in [5.74, 6) is 0.530. The molecule has 0 N–H and O–H groups in total. The molecule has 1 unspecified atom stereocenters. The number of nitrogens with zero attached hydrogens (tertiary/aromatic N) is 1. The van der Waals surface area contributed by atoms with Crippen molar-refractivity contribution < 1.29 is 9.53 Å². The average molecular weight is 322 g/mol. The lowest BCUT2D eigenvalue weighted by Gasteiger charge is -2.28. The van der Waals surface area contributed by atoms with Crippen LogP contribution in [0.1, 0.15) is 54.9 Å². The number of amides is 1. The first-order valence-corrected chi connectivity index (χ1v) is 8.62. The molecule has 1 aliphatic rings. The summed E-state index contributed by atoms with van der Waals surface area (Å²) in [5, 5.41) is 0. The first kappa shape index (κ1) is 29.6. The Labute approximate surface area is 147 Å². The summed E-state index contributed by atoms with van der Waals surface area (Å²) < 4.78 is 4.88. The van der Waals surface area contributed by atoms with Gasteiger partial charge in [-0.3, -0.25) is 0 Å². The highest BCUT2D eigenvalue weighted by atomic mass is 16.6. The molecule has 3 radical (unpaired) electrons. The molecule has 1 aromatic rings. The molecule has 0 aromatic heterocycles. The van der Waals surface area contributed by atoms with Gasteiger partial charge in [-0.25, -0.2) is 4.79 Å². The molecule has 1 amide bonds. The van der Waals surface area contributed by atoms with Gasteiger partial charge in [0.1, 0.15) is 0 Å². The fourth-order valence-electron chi connectivity index (χ4n) is 1.45. The Morgan fingerprint density at radius 3 is 1.57 bits per heavy atom. The minimum Gasteiger partial charge on any atom is -0.449 e. The minimum atomic E-state index is -0.190. The number of ether oxygens (including phenoxy) is 1. The van der Waals surface area contributed by atoms with Gasteiger partial charge in [0.25, 0.3) is 0 Å². The zero-order valence-corrected chi connectivity index (χ0v) is 16.5. The number of benzene rings is 1. The second kappa shape index (κ2) is 25.5. The highest BCUT2D eigenvalue weighted by molar-refractivity contribution is 5.75. The number of hydrogen-bond acceptors (Lipinski definition) is 2. The molecule has 0 bridgehead atoms. The second-order valence-corrected chi connectivity index (χ2v) is 3.89. The van der Waals surface area contributed by atoms with Crippen LogP contribution < -0.4 is 0 Å². The van der Waals surface area contributed by atoms with Crippen molar-refractivity contribution in [3.63, 3.8) is 0 Å². The molecule has 4 heteroatoms. The van der Waals surface area contributed by atoms with E-state index in [0.717, 1.165) is 13.0 Å². The normalized spacial score (nSPS) is 14.3. The van der Waals surface area contributed by atoms with Crippen molar-refractivity contribution in [2.24, 2.45) is 5.92 Å². The molecule has 1 aromatic carbocycles. The number of carbonyl (C=O) groups is 1. The third kappa shape index (κ3) is 18.5. The molecular weight excluding hydrogens is 285 g/mol. The van der Waals surface area contributed by atoms with Gasteiger partial charge in [-0.1, -0.05) is 84.9 Å². The fourth-order valence-corrected chi connectivity index (χ4v) is 1.45. The molecule has 1 aliphatic heterocycles. The van der Waals surface area contributed by atoms with Crippen LogP contribution in [0.15, 0.2) is 36.4 Å². The van der Waals surface area contributed by atoms with Gasteiger partial charge in [0.15, 0.2) is 0 Å². The number of carbonyl (C=O) groups excluding carboxylic acids is 1. The van der Waals surface area contributed by atoms with E-state index in [1.165, 1.54) is 0 Å². The van der Waals surface area contributed by atoms with E-state index in [1.54, 1.807) is 11.9 Å². The minimum absolute atomic E-state index is 0. The van der Waals surface area contributed by atoms with Gasteiger partial charge in [-0.2, -0.15) is 0 Å². The molecule has 133 valence electrons. The summed E-state index contributed by atoms with van der Waals surface area (Å²) in [6.45, 7) is 15.5.